The Labute approximate surface area is 102 Å². The zero-order valence-electron chi connectivity index (χ0n) is 11.9. The van der Waals surface area contributed by atoms with Gasteiger partial charge in [-0.25, -0.2) is 0 Å². The van der Waals surface area contributed by atoms with Crippen molar-refractivity contribution in [2.45, 2.75) is 52.9 Å². The van der Waals surface area contributed by atoms with E-state index >= 15 is 0 Å². The molecule has 1 N–H and O–H groups in total. The third-order valence-corrected chi connectivity index (χ3v) is 3.03. The van der Waals surface area contributed by atoms with Crippen LogP contribution in [0.1, 0.15) is 52.9 Å². The molecule has 0 amide bonds. The minimum Gasteiger partial charge on any atom is -0.396 e. The minimum atomic E-state index is 0.359. The molecule has 0 aliphatic rings. The van der Waals surface area contributed by atoms with Crippen molar-refractivity contribution in [1.82, 2.24) is 4.90 Å². The molecule has 2 nitrogen and oxygen atoms in total. The van der Waals surface area contributed by atoms with Crippen LogP contribution in [0.2, 0.25) is 0 Å². The fourth-order valence-electron chi connectivity index (χ4n) is 1.83. The number of hydrogen-bond acceptors (Lipinski definition) is 2. The van der Waals surface area contributed by atoms with Crippen molar-refractivity contribution in [3.05, 3.63) is 0 Å². The van der Waals surface area contributed by atoms with Crippen molar-refractivity contribution in [2.75, 3.05) is 27.2 Å². The van der Waals surface area contributed by atoms with Crippen molar-refractivity contribution < 1.29 is 5.11 Å². The summed E-state index contributed by atoms with van der Waals surface area (Å²) >= 11 is 0. The Kier molecular flexibility index (Phi) is 8.04. The van der Waals surface area contributed by atoms with Gasteiger partial charge >= 0.3 is 0 Å². The second-order valence-electron chi connectivity index (χ2n) is 6.45. The van der Waals surface area contributed by atoms with Crippen molar-refractivity contribution in [3.8, 4) is 0 Å². The Bertz CT molecular complexity index is 161. The van der Waals surface area contributed by atoms with Gasteiger partial charge in [-0.2, -0.15) is 0 Å². The Morgan fingerprint density at radius 3 is 2.12 bits per heavy atom. The molecular weight excluding hydrogens is 198 g/mol. The molecule has 0 aromatic heterocycles. The van der Waals surface area contributed by atoms with E-state index in [1.165, 1.54) is 32.1 Å². The first-order chi connectivity index (χ1) is 7.35. The van der Waals surface area contributed by atoms with Gasteiger partial charge in [0.1, 0.15) is 0 Å². The Hall–Kier alpha value is -0.0800. The van der Waals surface area contributed by atoms with Crippen LogP contribution in [0.4, 0.5) is 0 Å². The van der Waals surface area contributed by atoms with Crippen LogP contribution in [-0.4, -0.2) is 37.3 Å². The molecule has 16 heavy (non-hydrogen) atoms. The maximum atomic E-state index is 9.32. The normalized spacial score (nSPS) is 14.4. The van der Waals surface area contributed by atoms with E-state index in [4.69, 9.17) is 0 Å². The van der Waals surface area contributed by atoms with Crippen LogP contribution in [0.25, 0.3) is 0 Å². The van der Waals surface area contributed by atoms with Gasteiger partial charge in [-0.05, 0) is 57.7 Å². The lowest BCUT2D eigenvalue weighted by atomic mass is 9.85. The molecule has 0 fully saturated rings. The summed E-state index contributed by atoms with van der Waals surface area (Å²) in [5.41, 5.74) is 0.400. The molecule has 0 aliphatic heterocycles. The number of nitrogens with zero attached hydrogens (tertiary/aromatic N) is 1. The van der Waals surface area contributed by atoms with E-state index in [0.29, 0.717) is 17.9 Å². The second-order valence-corrected chi connectivity index (χ2v) is 6.45. The van der Waals surface area contributed by atoms with E-state index in [9.17, 15) is 5.11 Å². The number of rotatable bonds is 8. The molecule has 0 bridgehead atoms. The summed E-state index contributed by atoms with van der Waals surface area (Å²) < 4.78 is 0. The highest BCUT2D eigenvalue weighted by Gasteiger charge is 2.14. The lowest BCUT2D eigenvalue weighted by Gasteiger charge is -2.22. The molecule has 0 saturated carbocycles. The van der Waals surface area contributed by atoms with Gasteiger partial charge in [-0.1, -0.05) is 27.2 Å². The van der Waals surface area contributed by atoms with Gasteiger partial charge in [0.15, 0.2) is 0 Å². The van der Waals surface area contributed by atoms with E-state index in [0.717, 1.165) is 6.54 Å². The summed E-state index contributed by atoms with van der Waals surface area (Å²) in [6.45, 7) is 8.34. The third-order valence-electron chi connectivity index (χ3n) is 3.03. The molecule has 98 valence electrons. The third kappa shape index (κ3) is 10.4. The first-order valence-electron chi connectivity index (χ1n) is 6.61. The summed E-state index contributed by atoms with van der Waals surface area (Å²) in [5.74, 6) is 0.515. The Balaban J connectivity index is 3.59. The molecule has 1 atom stereocenters. The van der Waals surface area contributed by atoms with E-state index in [1.807, 2.05) is 0 Å². The summed E-state index contributed by atoms with van der Waals surface area (Å²) in [6, 6.07) is 0. The van der Waals surface area contributed by atoms with Crippen LogP contribution in [-0.2, 0) is 0 Å². The first kappa shape index (κ1) is 15.9. The van der Waals surface area contributed by atoms with Crippen molar-refractivity contribution in [2.24, 2.45) is 11.3 Å². The monoisotopic (exact) mass is 229 g/mol. The SMILES string of the molecule is CN(C)CCCC[C@@H](CO)CCC(C)(C)C. The van der Waals surface area contributed by atoms with Crippen LogP contribution in [0.15, 0.2) is 0 Å². The topological polar surface area (TPSA) is 23.5 Å². The average molecular weight is 229 g/mol. The van der Waals surface area contributed by atoms with E-state index in [-0.39, 0.29) is 0 Å². The highest BCUT2D eigenvalue weighted by atomic mass is 16.3. The zero-order chi connectivity index (χ0) is 12.6. The predicted octanol–water partition coefficient (Wildman–Crippen LogP) is 3.15. The van der Waals surface area contributed by atoms with Gasteiger partial charge in [-0.15, -0.1) is 0 Å². The van der Waals surface area contributed by atoms with E-state index in [2.05, 4.69) is 39.8 Å². The Morgan fingerprint density at radius 1 is 1.06 bits per heavy atom. The van der Waals surface area contributed by atoms with E-state index in [1.54, 1.807) is 0 Å². The molecule has 0 heterocycles. The van der Waals surface area contributed by atoms with Gasteiger partial charge in [0, 0.05) is 6.61 Å². The summed E-state index contributed by atoms with van der Waals surface area (Å²) in [7, 11) is 4.23. The average Bonchev–Trinajstić information content (AvgIpc) is 2.15. The predicted molar refractivity (Wildman–Crippen MR) is 71.7 cm³/mol. The standard InChI is InChI=1S/C14H31NO/c1-14(2,3)10-9-13(12-16)8-6-7-11-15(4)5/h13,16H,6-12H2,1-5H3/t13-/m1/s1. The fourth-order valence-corrected chi connectivity index (χ4v) is 1.83. The van der Waals surface area contributed by atoms with E-state index < -0.39 is 0 Å². The van der Waals surface area contributed by atoms with Crippen LogP contribution < -0.4 is 0 Å². The highest BCUT2D eigenvalue weighted by molar-refractivity contribution is 4.66. The highest BCUT2D eigenvalue weighted by Crippen LogP contribution is 2.25. The Morgan fingerprint density at radius 2 is 1.69 bits per heavy atom. The van der Waals surface area contributed by atoms with Gasteiger partial charge in [0.25, 0.3) is 0 Å². The molecule has 2 heteroatoms. The minimum absolute atomic E-state index is 0.359. The van der Waals surface area contributed by atoms with Crippen molar-refractivity contribution >= 4 is 0 Å². The van der Waals surface area contributed by atoms with Gasteiger partial charge in [0.05, 0.1) is 0 Å². The fraction of sp³-hybridized carbons (Fsp3) is 1.00. The van der Waals surface area contributed by atoms with Crippen LogP contribution in [0, 0.1) is 11.3 Å². The number of hydrogen-bond donors (Lipinski definition) is 1. The molecule has 0 aliphatic carbocycles. The molecular formula is C14H31NO. The molecule has 0 saturated heterocycles. The summed E-state index contributed by atoms with van der Waals surface area (Å²) in [6.07, 6.45) is 6.06. The van der Waals surface area contributed by atoms with Crippen LogP contribution in [0.3, 0.4) is 0 Å². The molecule has 0 aromatic carbocycles. The molecule has 0 rings (SSSR count). The van der Waals surface area contributed by atoms with Crippen molar-refractivity contribution in [1.29, 1.82) is 0 Å². The smallest absolute Gasteiger partial charge is 0.0459 e. The molecule has 0 unspecified atom stereocenters. The maximum absolute atomic E-state index is 9.32. The zero-order valence-corrected chi connectivity index (χ0v) is 11.9. The maximum Gasteiger partial charge on any atom is 0.0459 e. The largest absolute Gasteiger partial charge is 0.396 e. The first-order valence-corrected chi connectivity index (χ1v) is 6.61. The summed E-state index contributed by atoms with van der Waals surface area (Å²) in [4.78, 5) is 2.23. The lowest BCUT2D eigenvalue weighted by molar-refractivity contribution is 0.189. The number of aliphatic hydroxyl groups excluding tert-OH is 1. The molecule has 0 aromatic rings. The number of unbranched alkanes of at least 4 members (excludes halogenated alkanes) is 1. The van der Waals surface area contributed by atoms with Crippen molar-refractivity contribution in [3.63, 3.8) is 0 Å². The number of aliphatic hydroxyl groups is 1. The molecule has 0 spiro atoms. The van der Waals surface area contributed by atoms with Gasteiger partial charge in [-0.3, -0.25) is 0 Å². The van der Waals surface area contributed by atoms with Crippen LogP contribution in [0.5, 0.6) is 0 Å². The van der Waals surface area contributed by atoms with Gasteiger partial charge < -0.3 is 10.0 Å². The summed E-state index contributed by atoms with van der Waals surface area (Å²) in [5, 5.41) is 9.32. The molecule has 0 radical (unpaired) electrons. The second kappa shape index (κ2) is 8.08. The van der Waals surface area contributed by atoms with Gasteiger partial charge in [0.2, 0.25) is 0 Å². The lowest BCUT2D eigenvalue weighted by Crippen LogP contribution is -2.15. The van der Waals surface area contributed by atoms with Crippen LogP contribution >= 0.6 is 0 Å². The quantitative estimate of drug-likeness (QED) is 0.646.